The smallest absolute Gasteiger partial charge is 0.243 e. The van der Waals surface area contributed by atoms with Gasteiger partial charge in [-0.25, -0.2) is 4.98 Å². The van der Waals surface area contributed by atoms with Crippen LogP contribution in [0.1, 0.15) is 22.6 Å². The number of nitrogens with one attached hydrogen (secondary N) is 1. The molecule has 3 aromatic rings. The number of rotatable bonds is 6. The van der Waals surface area contributed by atoms with Crippen LogP contribution in [0.5, 0.6) is 0 Å². The molecule has 140 valence electrons. The van der Waals surface area contributed by atoms with Gasteiger partial charge in [0.1, 0.15) is 0 Å². The van der Waals surface area contributed by atoms with Crippen LogP contribution in [-0.4, -0.2) is 35.3 Å². The highest BCUT2D eigenvalue weighted by Crippen LogP contribution is 2.22. The first kappa shape index (κ1) is 19.0. The van der Waals surface area contributed by atoms with Gasteiger partial charge in [-0.15, -0.1) is 11.3 Å². The summed E-state index contributed by atoms with van der Waals surface area (Å²) in [5, 5.41) is 3.86. The van der Waals surface area contributed by atoms with Crippen molar-refractivity contribution in [2.75, 3.05) is 18.9 Å². The topological polar surface area (TPSA) is 62.3 Å². The summed E-state index contributed by atoms with van der Waals surface area (Å²) in [5.41, 5.74) is 3.80. The van der Waals surface area contributed by atoms with Gasteiger partial charge in [-0.2, -0.15) is 0 Å². The Hall–Kier alpha value is -2.73. The lowest BCUT2D eigenvalue weighted by Crippen LogP contribution is -2.35. The molecule has 1 N–H and O–H groups in total. The van der Waals surface area contributed by atoms with Crippen LogP contribution in [-0.2, 0) is 16.0 Å². The first-order valence-electron chi connectivity index (χ1n) is 8.88. The fraction of sp³-hybridized carbons (Fsp3) is 0.286. The molecule has 0 aliphatic rings. The van der Waals surface area contributed by atoms with Crippen LogP contribution in [0.4, 0.5) is 5.69 Å². The molecule has 0 aliphatic heterocycles. The van der Waals surface area contributed by atoms with E-state index in [2.05, 4.69) is 10.3 Å². The number of anilines is 1. The van der Waals surface area contributed by atoms with Gasteiger partial charge in [0.05, 0.1) is 21.8 Å². The van der Waals surface area contributed by atoms with Crippen LogP contribution in [0.25, 0.3) is 10.2 Å². The summed E-state index contributed by atoms with van der Waals surface area (Å²) in [7, 11) is 1.66. The minimum absolute atomic E-state index is 0.0342. The Bertz CT molecular complexity index is 927. The van der Waals surface area contributed by atoms with Crippen molar-refractivity contribution in [1.82, 2.24) is 9.88 Å². The number of aryl methyl sites for hydroxylation is 3. The lowest BCUT2D eigenvalue weighted by molar-refractivity contribution is -0.133. The second kappa shape index (κ2) is 8.31. The first-order valence-corrected chi connectivity index (χ1v) is 9.70. The molecule has 2 aromatic carbocycles. The molecule has 2 amide bonds. The number of benzene rings is 2. The minimum Gasteiger partial charge on any atom is -0.336 e. The van der Waals surface area contributed by atoms with E-state index in [1.807, 2.05) is 56.3 Å². The summed E-state index contributed by atoms with van der Waals surface area (Å²) in [5.74, 6) is -0.255. The highest BCUT2D eigenvalue weighted by atomic mass is 32.1. The molecule has 1 heterocycles. The van der Waals surface area contributed by atoms with E-state index in [0.717, 1.165) is 32.0 Å². The number of aromatic nitrogens is 1. The second-order valence-electron chi connectivity index (χ2n) is 6.64. The SMILES string of the molecule is Cc1cccc(C)c1NC(=O)CN(C)C(=O)CCc1nc2ccccc2s1. The Kier molecular flexibility index (Phi) is 5.86. The van der Waals surface area contributed by atoms with Crippen molar-refractivity contribution in [3.63, 3.8) is 0 Å². The Labute approximate surface area is 163 Å². The molecule has 0 saturated carbocycles. The minimum atomic E-state index is -0.191. The van der Waals surface area contributed by atoms with Crippen molar-refractivity contribution >= 4 is 39.1 Å². The van der Waals surface area contributed by atoms with Gasteiger partial charge < -0.3 is 10.2 Å². The molecule has 5 nitrogen and oxygen atoms in total. The summed E-state index contributed by atoms with van der Waals surface area (Å²) in [6.07, 6.45) is 0.925. The molecule has 0 saturated heterocycles. The quantitative estimate of drug-likeness (QED) is 0.703. The number of amides is 2. The predicted octanol–water partition coefficient (Wildman–Crippen LogP) is 3.94. The number of thiazole rings is 1. The maximum absolute atomic E-state index is 12.4. The summed E-state index contributed by atoms with van der Waals surface area (Å²) in [6.45, 7) is 3.94. The summed E-state index contributed by atoms with van der Waals surface area (Å²) >= 11 is 1.61. The van der Waals surface area contributed by atoms with Gasteiger partial charge in [0, 0.05) is 25.6 Å². The molecule has 0 fully saturated rings. The summed E-state index contributed by atoms with van der Waals surface area (Å²) < 4.78 is 1.13. The maximum Gasteiger partial charge on any atom is 0.243 e. The maximum atomic E-state index is 12.4. The molecule has 0 atom stereocenters. The lowest BCUT2D eigenvalue weighted by Gasteiger charge is -2.18. The van der Waals surface area contributed by atoms with Gasteiger partial charge >= 0.3 is 0 Å². The van der Waals surface area contributed by atoms with E-state index in [1.54, 1.807) is 18.4 Å². The largest absolute Gasteiger partial charge is 0.336 e. The molecule has 1 aromatic heterocycles. The highest BCUT2D eigenvalue weighted by Gasteiger charge is 2.15. The zero-order chi connectivity index (χ0) is 19.4. The second-order valence-corrected chi connectivity index (χ2v) is 7.76. The fourth-order valence-corrected chi connectivity index (χ4v) is 3.89. The molecule has 0 spiro atoms. The highest BCUT2D eigenvalue weighted by molar-refractivity contribution is 7.18. The molecule has 0 aliphatic carbocycles. The Balaban J connectivity index is 1.53. The van der Waals surface area contributed by atoms with Crippen LogP contribution in [0, 0.1) is 13.8 Å². The lowest BCUT2D eigenvalue weighted by atomic mass is 10.1. The van der Waals surface area contributed by atoms with E-state index in [9.17, 15) is 9.59 Å². The summed E-state index contributed by atoms with van der Waals surface area (Å²) in [4.78, 5) is 30.7. The van der Waals surface area contributed by atoms with E-state index in [1.165, 1.54) is 4.90 Å². The number of nitrogens with zero attached hydrogens (tertiary/aromatic N) is 2. The molecular formula is C21H23N3O2S. The van der Waals surface area contributed by atoms with E-state index < -0.39 is 0 Å². The van der Waals surface area contributed by atoms with Crippen LogP contribution < -0.4 is 5.32 Å². The number of likely N-dealkylation sites (N-methyl/N-ethyl adjacent to an activating group) is 1. The van der Waals surface area contributed by atoms with Crippen molar-refractivity contribution in [3.8, 4) is 0 Å². The third kappa shape index (κ3) is 4.71. The van der Waals surface area contributed by atoms with Crippen LogP contribution >= 0.6 is 11.3 Å². The number of hydrogen-bond acceptors (Lipinski definition) is 4. The van der Waals surface area contributed by atoms with E-state index in [4.69, 9.17) is 0 Å². The Morgan fingerprint density at radius 1 is 1.07 bits per heavy atom. The number of fused-ring (bicyclic) bond motifs is 1. The zero-order valence-electron chi connectivity index (χ0n) is 15.8. The number of carbonyl (C=O) groups is 2. The van der Waals surface area contributed by atoms with Crippen molar-refractivity contribution in [3.05, 3.63) is 58.6 Å². The van der Waals surface area contributed by atoms with Crippen LogP contribution in [0.3, 0.4) is 0 Å². The van der Waals surface area contributed by atoms with E-state index in [0.29, 0.717) is 12.8 Å². The molecule has 0 bridgehead atoms. The van der Waals surface area contributed by atoms with Crippen LogP contribution in [0.15, 0.2) is 42.5 Å². The molecule has 27 heavy (non-hydrogen) atoms. The van der Waals surface area contributed by atoms with Crippen molar-refractivity contribution in [2.24, 2.45) is 0 Å². The average Bonchev–Trinajstić information content (AvgIpc) is 3.05. The van der Waals surface area contributed by atoms with Crippen molar-refractivity contribution < 1.29 is 9.59 Å². The standard InChI is InChI=1S/C21H23N3O2S/c1-14-7-6-8-15(2)21(14)23-18(25)13-24(3)20(26)12-11-19-22-16-9-4-5-10-17(16)27-19/h4-10H,11-13H2,1-3H3,(H,23,25). The predicted molar refractivity (Wildman–Crippen MR) is 110 cm³/mol. The third-order valence-electron chi connectivity index (χ3n) is 4.44. The molecule has 6 heteroatoms. The van der Waals surface area contributed by atoms with Gasteiger partial charge in [0.2, 0.25) is 11.8 Å². The Morgan fingerprint density at radius 3 is 2.48 bits per heavy atom. The van der Waals surface area contributed by atoms with Gasteiger partial charge in [-0.05, 0) is 37.1 Å². The zero-order valence-corrected chi connectivity index (χ0v) is 16.6. The molecule has 0 unspecified atom stereocenters. The van der Waals surface area contributed by atoms with Crippen molar-refractivity contribution in [1.29, 1.82) is 0 Å². The van der Waals surface area contributed by atoms with Crippen molar-refractivity contribution in [2.45, 2.75) is 26.7 Å². The average molecular weight is 382 g/mol. The van der Waals surface area contributed by atoms with E-state index >= 15 is 0 Å². The third-order valence-corrected chi connectivity index (χ3v) is 5.54. The molecular weight excluding hydrogens is 358 g/mol. The van der Waals surface area contributed by atoms with Gasteiger partial charge in [0.25, 0.3) is 0 Å². The normalized spacial score (nSPS) is 10.8. The monoisotopic (exact) mass is 381 g/mol. The van der Waals surface area contributed by atoms with Gasteiger partial charge in [-0.1, -0.05) is 30.3 Å². The molecule has 3 rings (SSSR count). The van der Waals surface area contributed by atoms with Gasteiger partial charge in [0.15, 0.2) is 0 Å². The molecule has 0 radical (unpaired) electrons. The van der Waals surface area contributed by atoms with E-state index in [-0.39, 0.29) is 18.4 Å². The number of carbonyl (C=O) groups excluding carboxylic acids is 2. The van der Waals surface area contributed by atoms with Crippen LogP contribution in [0.2, 0.25) is 0 Å². The fourth-order valence-electron chi connectivity index (χ4n) is 2.93. The number of para-hydroxylation sites is 2. The summed E-state index contributed by atoms with van der Waals surface area (Å²) in [6, 6.07) is 13.8. The number of hydrogen-bond donors (Lipinski definition) is 1. The Morgan fingerprint density at radius 2 is 1.78 bits per heavy atom. The first-order chi connectivity index (χ1) is 12.9. The van der Waals surface area contributed by atoms with Gasteiger partial charge in [-0.3, -0.25) is 9.59 Å².